The Hall–Kier alpha value is -1.84. The molecule has 0 bridgehead atoms. The maximum atomic E-state index is 6.22. The van der Waals surface area contributed by atoms with Crippen molar-refractivity contribution in [2.75, 3.05) is 7.11 Å². The lowest BCUT2D eigenvalue weighted by atomic mass is 10.0. The second-order valence-electron chi connectivity index (χ2n) is 5.19. The van der Waals surface area contributed by atoms with Gasteiger partial charge in [-0.2, -0.15) is 0 Å². The number of methoxy groups -OCH3 is 1. The molecule has 0 spiro atoms. The van der Waals surface area contributed by atoms with E-state index in [1.54, 1.807) is 7.11 Å². The van der Waals surface area contributed by atoms with Crippen LogP contribution < -0.4 is 10.5 Å². The van der Waals surface area contributed by atoms with Gasteiger partial charge in [0.15, 0.2) is 0 Å². The van der Waals surface area contributed by atoms with Crippen LogP contribution in [-0.2, 0) is 11.3 Å². The first kappa shape index (κ1) is 15.5. The summed E-state index contributed by atoms with van der Waals surface area (Å²) < 4.78 is 11.2. The highest BCUT2D eigenvalue weighted by Gasteiger charge is 2.12. The molecule has 0 aliphatic heterocycles. The predicted octanol–water partition coefficient (Wildman–Crippen LogP) is 3.69. The Bertz CT molecular complexity index is 542. The molecule has 2 atom stereocenters. The van der Waals surface area contributed by atoms with Gasteiger partial charge in [0.25, 0.3) is 0 Å². The van der Waals surface area contributed by atoms with Gasteiger partial charge < -0.3 is 15.2 Å². The molecule has 2 N–H and O–H groups in total. The molecule has 0 saturated heterocycles. The number of benzene rings is 2. The van der Waals surface area contributed by atoms with Gasteiger partial charge in [0.05, 0.1) is 19.8 Å². The van der Waals surface area contributed by atoms with Gasteiger partial charge in [-0.3, -0.25) is 0 Å². The predicted molar refractivity (Wildman–Crippen MR) is 85.2 cm³/mol. The van der Waals surface area contributed by atoms with Crippen molar-refractivity contribution in [1.29, 1.82) is 0 Å². The minimum atomic E-state index is -0.00105. The highest BCUT2D eigenvalue weighted by atomic mass is 16.5. The van der Waals surface area contributed by atoms with Gasteiger partial charge in [-0.15, -0.1) is 0 Å². The van der Waals surface area contributed by atoms with Gasteiger partial charge in [0, 0.05) is 11.6 Å². The second kappa shape index (κ2) is 7.81. The summed E-state index contributed by atoms with van der Waals surface area (Å²) in [6, 6.07) is 18.0. The zero-order chi connectivity index (χ0) is 15.1. The number of ether oxygens (including phenoxy) is 2. The number of rotatable bonds is 7. The molecule has 21 heavy (non-hydrogen) atoms. The molecule has 0 heterocycles. The summed E-state index contributed by atoms with van der Waals surface area (Å²) in [6.45, 7) is 2.59. The molecule has 3 nitrogen and oxygen atoms in total. The molecule has 0 aromatic heterocycles. The van der Waals surface area contributed by atoms with Crippen LogP contribution in [-0.4, -0.2) is 13.2 Å². The molecular weight excluding hydrogens is 262 g/mol. The van der Waals surface area contributed by atoms with E-state index in [4.69, 9.17) is 15.2 Å². The average molecular weight is 285 g/mol. The third-order valence-electron chi connectivity index (χ3n) is 3.53. The number of hydrogen-bond acceptors (Lipinski definition) is 3. The standard InChI is InChI=1S/C18H23NO2/c1-14(12-17(19)15-8-4-3-5-9-15)21-13-16-10-6-7-11-18(16)20-2/h3-11,14,17H,12-13,19H2,1-2H3. The van der Waals surface area contributed by atoms with Crippen LogP contribution in [0, 0.1) is 0 Å². The van der Waals surface area contributed by atoms with Crippen molar-refractivity contribution >= 4 is 0 Å². The number of para-hydroxylation sites is 1. The third kappa shape index (κ3) is 4.59. The van der Waals surface area contributed by atoms with Crippen molar-refractivity contribution in [3.05, 3.63) is 65.7 Å². The largest absolute Gasteiger partial charge is 0.496 e. The van der Waals surface area contributed by atoms with Crippen molar-refractivity contribution in [2.45, 2.75) is 32.1 Å². The molecule has 3 heteroatoms. The van der Waals surface area contributed by atoms with Crippen LogP contribution in [0.15, 0.2) is 54.6 Å². The van der Waals surface area contributed by atoms with Crippen LogP contribution in [0.3, 0.4) is 0 Å². The third-order valence-corrected chi connectivity index (χ3v) is 3.53. The Morgan fingerprint density at radius 1 is 1.00 bits per heavy atom. The van der Waals surface area contributed by atoms with Crippen LogP contribution in [0.2, 0.25) is 0 Å². The molecule has 0 aliphatic rings. The molecule has 2 aromatic rings. The van der Waals surface area contributed by atoms with E-state index in [9.17, 15) is 0 Å². The molecule has 0 radical (unpaired) electrons. The van der Waals surface area contributed by atoms with Gasteiger partial charge in [0.1, 0.15) is 5.75 Å². The van der Waals surface area contributed by atoms with Gasteiger partial charge in [0.2, 0.25) is 0 Å². The van der Waals surface area contributed by atoms with Crippen molar-refractivity contribution in [1.82, 2.24) is 0 Å². The molecular formula is C18H23NO2. The Morgan fingerprint density at radius 3 is 2.38 bits per heavy atom. The van der Waals surface area contributed by atoms with Crippen LogP contribution >= 0.6 is 0 Å². The monoisotopic (exact) mass is 285 g/mol. The minimum Gasteiger partial charge on any atom is -0.496 e. The lowest BCUT2D eigenvalue weighted by Gasteiger charge is -2.19. The molecule has 0 amide bonds. The maximum absolute atomic E-state index is 6.22. The normalized spacial score (nSPS) is 13.7. The Labute approximate surface area is 126 Å². The van der Waals surface area contributed by atoms with Crippen molar-refractivity contribution < 1.29 is 9.47 Å². The van der Waals surface area contributed by atoms with Crippen LogP contribution in [0.25, 0.3) is 0 Å². The molecule has 2 aromatic carbocycles. The second-order valence-corrected chi connectivity index (χ2v) is 5.19. The van der Waals surface area contributed by atoms with E-state index in [1.165, 1.54) is 0 Å². The van der Waals surface area contributed by atoms with Crippen molar-refractivity contribution in [3.8, 4) is 5.75 Å². The lowest BCUT2D eigenvalue weighted by molar-refractivity contribution is 0.0421. The quantitative estimate of drug-likeness (QED) is 0.843. The van der Waals surface area contributed by atoms with E-state index >= 15 is 0 Å². The van der Waals surface area contributed by atoms with Crippen molar-refractivity contribution in [2.24, 2.45) is 5.73 Å². The molecule has 0 saturated carbocycles. The van der Waals surface area contributed by atoms with Crippen molar-refractivity contribution in [3.63, 3.8) is 0 Å². The first-order valence-electron chi connectivity index (χ1n) is 7.24. The van der Waals surface area contributed by atoms with E-state index in [2.05, 4.69) is 19.1 Å². The fourth-order valence-corrected chi connectivity index (χ4v) is 2.32. The summed E-state index contributed by atoms with van der Waals surface area (Å²) in [5.41, 5.74) is 8.42. The maximum Gasteiger partial charge on any atom is 0.124 e. The fourth-order valence-electron chi connectivity index (χ4n) is 2.32. The number of nitrogens with two attached hydrogens (primary N) is 1. The highest BCUT2D eigenvalue weighted by Crippen LogP contribution is 2.21. The fraction of sp³-hybridized carbons (Fsp3) is 0.333. The van der Waals surface area contributed by atoms with Gasteiger partial charge in [-0.25, -0.2) is 0 Å². The summed E-state index contributed by atoms with van der Waals surface area (Å²) in [6.07, 6.45) is 0.879. The smallest absolute Gasteiger partial charge is 0.124 e. The van der Waals surface area contributed by atoms with Gasteiger partial charge >= 0.3 is 0 Å². The molecule has 112 valence electrons. The Morgan fingerprint density at radius 2 is 1.67 bits per heavy atom. The van der Waals surface area contributed by atoms with Gasteiger partial charge in [-0.1, -0.05) is 48.5 Å². The minimum absolute atomic E-state index is 0.00105. The first-order valence-corrected chi connectivity index (χ1v) is 7.24. The molecule has 0 aliphatic carbocycles. The summed E-state index contributed by atoms with van der Waals surface area (Å²) in [5, 5.41) is 0. The number of hydrogen-bond donors (Lipinski definition) is 1. The van der Waals surface area contributed by atoms with Crippen LogP contribution in [0.1, 0.15) is 30.5 Å². The van der Waals surface area contributed by atoms with E-state index in [0.717, 1.165) is 23.3 Å². The highest BCUT2D eigenvalue weighted by molar-refractivity contribution is 5.32. The van der Waals surface area contributed by atoms with Crippen LogP contribution in [0.4, 0.5) is 0 Å². The molecule has 0 fully saturated rings. The topological polar surface area (TPSA) is 44.5 Å². The molecule has 2 unspecified atom stereocenters. The van der Waals surface area contributed by atoms with Gasteiger partial charge in [-0.05, 0) is 25.0 Å². The Kier molecular flexibility index (Phi) is 5.78. The Balaban J connectivity index is 1.86. The van der Waals surface area contributed by atoms with Crippen LogP contribution in [0.5, 0.6) is 5.75 Å². The summed E-state index contributed by atoms with van der Waals surface area (Å²) in [5.74, 6) is 0.858. The lowest BCUT2D eigenvalue weighted by Crippen LogP contribution is -2.19. The van der Waals surface area contributed by atoms with E-state index in [-0.39, 0.29) is 12.1 Å². The summed E-state index contributed by atoms with van der Waals surface area (Å²) >= 11 is 0. The average Bonchev–Trinajstić information content (AvgIpc) is 2.54. The summed E-state index contributed by atoms with van der Waals surface area (Å²) in [7, 11) is 1.67. The molecule has 2 rings (SSSR count). The van der Waals surface area contributed by atoms with E-state index < -0.39 is 0 Å². The van der Waals surface area contributed by atoms with E-state index in [1.807, 2.05) is 42.5 Å². The first-order chi connectivity index (χ1) is 10.2. The zero-order valence-electron chi connectivity index (χ0n) is 12.7. The summed E-state index contributed by atoms with van der Waals surface area (Å²) in [4.78, 5) is 0. The zero-order valence-corrected chi connectivity index (χ0v) is 12.7. The SMILES string of the molecule is COc1ccccc1COC(C)CC(N)c1ccccc1. The van der Waals surface area contributed by atoms with E-state index in [0.29, 0.717) is 6.61 Å².